The van der Waals surface area contributed by atoms with E-state index in [-0.39, 0.29) is 6.04 Å². The molecule has 0 atom stereocenters. The average Bonchev–Trinajstić information content (AvgIpc) is 2.97. The zero-order valence-electron chi connectivity index (χ0n) is 15.5. The van der Waals surface area contributed by atoms with Gasteiger partial charge in [-0.25, -0.2) is 4.98 Å². The molecule has 0 saturated heterocycles. The van der Waals surface area contributed by atoms with Gasteiger partial charge in [0.15, 0.2) is 0 Å². The summed E-state index contributed by atoms with van der Waals surface area (Å²) in [6.45, 7) is 13.2. The molecule has 0 amide bonds. The molecule has 124 valence electrons. The molecule has 0 saturated carbocycles. The largest absolute Gasteiger partial charge is 0.326 e. The maximum Gasteiger partial charge on any atom is 0.0954 e. The lowest BCUT2D eigenvalue weighted by molar-refractivity contribution is 0.660. The van der Waals surface area contributed by atoms with Crippen LogP contribution in [0.3, 0.4) is 0 Å². The minimum Gasteiger partial charge on any atom is -0.326 e. The average molecular weight is 318 g/mol. The molecule has 2 nitrogen and oxygen atoms in total. The van der Waals surface area contributed by atoms with Crippen LogP contribution in [0.4, 0.5) is 0 Å². The summed E-state index contributed by atoms with van der Waals surface area (Å²) in [5.41, 5.74) is 10.8. The molecule has 1 aromatic heterocycles. The highest BCUT2D eigenvalue weighted by molar-refractivity contribution is 5.50. The number of imidazole rings is 1. The summed E-state index contributed by atoms with van der Waals surface area (Å²) in [5, 5.41) is 0. The molecular weight excluding hydrogens is 292 g/mol. The van der Waals surface area contributed by atoms with Crippen LogP contribution in [0.15, 0.2) is 43.0 Å². The Kier molecular flexibility index (Phi) is 4.31. The first-order valence-corrected chi connectivity index (χ1v) is 8.51. The normalized spacial score (nSPS) is 11.3. The molecule has 0 radical (unpaired) electrons. The Bertz CT molecular complexity index is 769. The summed E-state index contributed by atoms with van der Waals surface area (Å²) in [5.74, 6) is 0. The van der Waals surface area contributed by atoms with Gasteiger partial charge in [-0.15, -0.1) is 0 Å². The third-order valence-corrected chi connectivity index (χ3v) is 4.85. The highest BCUT2D eigenvalue weighted by Gasteiger charge is 2.23. The number of aromatic nitrogens is 2. The van der Waals surface area contributed by atoms with Crippen molar-refractivity contribution >= 4 is 0 Å². The summed E-state index contributed by atoms with van der Waals surface area (Å²) >= 11 is 0. The zero-order chi connectivity index (χ0) is 17.4. The quantitative estimate of drug-likeness (QED) is 0.634. The lowest BCUT2D eigenvalue weighted by Crippen LogP contribution is -2.16. The van der Waals surface area contributed by atoms with Crippen molar-refractivity contribution < 1.29 is 0 Å². The molecule has 0 spiro atoms. The monoisotopic (exact) mass is 318 g/mol. The topological polar surface area (TPSA) is 17.8 Å². The van der Waals surface area contributed by atoms with Crippen molar-refractivity contribution in [2.24, 2.45) is 0 Å². The maximum absolute atomic E-state index is 4.31. The minimum absolute atomic E-state index is 0.161. The molecule has 0 bridgehead atoms. The Labute approximate surface area is 145 Å². The predicted molar refractivity (Wildman–Crippen MR) is 101 cm³/mol. The summed E-state index contributed by atoms with van der Waals surface area (Å²) in [7, 11) is 0. The van der Waals surface area contributed by atoms with Gasteiger partial charge in [0, 0.05) is 12.4 Å². The molecular formula is C22H26N2. The summed E-state index contributed by atoms with van der Waals surface area (Å²) in [4.78, 5) is 4.31. The number of hydrogen-bond acceptors (Lipinski definition) is 1. The third kappa shape index (κ3) is 2.89. The molecule has 3 rings (SSSR count). The third-order valence-electron chi connectivity index (χ3n) is 4.85. The fourth-order valence-corrected chi connectivity index (χ4v) is 4.11. The van der Waals surface area contributed by atoms with E-state index in [2.05, 4.69) is 81.6 Å². The maximum atomic E-state index is 4.31. The lowest BCUT2D eigenvalue weighted by atomic mass is 9.85. The Morgan fingerprint density at radius 1 is 0.708 bits per heavy atom. The second-order valence-electron chi connectivity index (χ2n) is 7.04. The molecule has 0 aliphatic carbocycles. The van der Waals surface area contributed by atoms with Gasteiger partial charge >= 0.3 is 0 Å². The zero-order valence-corrected chi connectivity index (χ0v) is 15.5. The molecule has 0 aliphatic rings. The predicted octanol–water partition coefficient (Wildman–Crippen LogP) is 5.37. The van der Waals surface area contributed by atoms with Crippen LogP contribution in [-0.4, -0.2) is 9.55 Å². The molecule has 24 heavy (non-hydrogen) atoms. The standard InChI is InChI=1S/C22H26N2/c1-14-9-16(3)20(17(4)10-14)22(24-8-7-23-13-24)21-18(5)11-15(2)12-19(21)6/h7-13,22H,1-6H3. The Morgan fingerprint density at radius 2 is 1.12 bits per heavy atom. The van der Waals surface area contributed by atoms with E-state index in [1.54, 1.807) is 0 Å². The minimum atomic E-state index is 0.161. The SMILES string of the molecule is Cc1cc(C)c(C(c2c(C)cc(C)cc2C)n2ccnc2)c(C)c1. The molecule has 0 aliphatic heterocycles. The van der Waals surface area contributed by atoms with E-state index in [4.69, 9.17) is 0 Å². The van der Waals surface area contributed by atoms with E-state index in [1.165, 1.54) is 44.5 Å². The van der Waals surface area contributed by atoms with Crippen molar-refractivity contribution in [1.82, 2.24) is 9.55 Å². The van der Waals surface area contributed by atoms with Crippen molar-refractivity contribution in [3.63, 3.8) is 0 Å². The van der Waals surface area contributed by atoms with Crippen LogP contribution >= 0.6 is 0 Å². The first kappa shape index (κ1) is 16.5. The summed E-state index contributed by atoms with van der Waals surface area (Å²) in [6.07, 6.45) is 5.87. The fraction of sp³-hybridized carbons (Fsp3) is 0.318. The number of rotatable bonds is 3. The van der Waals surface area contributed by atoms with E-state index < -0.39 is 0 Å². The van der Waals surface area contributed by atoms with Gasteiger partial charge < -0.3 is 4.57 Å². The molecule has 3 aromatic rings. The van der Waals surface area contributed by atoms with Gasteiger partial charge in [0.2, 0.25) is 0 Å². The molecule has 0 unspecified atom stereocenters. The van der Waals surface area contributed by atoms with E-state index in [9.17, 15) is 0 Å². The van der Waals surface area contributed by atoms with Crippen LogP contribution < -0.4 is 0 Å². The summed E-state index contributed by atoms with van der Waals surface area (Å²) in [6, 6.07) is 9.29. The highest BCUT2D eigenvalue weighted by Crippen LogP contribution is 2.36. The van der Waals surface area contributed by atoms with E-state index in [1.807, 2.05) is 12.5 Å². The van der Waals surface area contributed by atoms with Crippen LogP contribution in [0.25, 0.3) is 0 Å². The summed E-state index contributed by atoms with van der Waals surface area (Å²) < 4.78 is 2.23. The van der Waals surface area contributed by atoms with Crippen molar-refractivity contribution in [2.75, 3.05) is 0 Å². The Morgan fingerprint density at radius 3 is 1.46 bits per heavy atom. The van der Waals surface area contributed by atoms with Gasteiger partial charge in [0.25, 0.3) is 0 Å². The molecule has 2 aromatic carbocycles. The number of hydrogen-bond donors (Lipinski definition) is 0. The second-order valence-corrected chi connectivity index (χ2v) is 7.04. The van der Waals surface area contributed by atoms with Crippen LogP contribution in [0.2, 0.25) is 0 Å². The smallest absolute Gasteiger partial charge is 0.0954 e. The van der Waals surface area contributed by atoms with Crippen LogP contribution in [0.5, 0.6) is 0 Å². The van der Waals surface area contributed by atoms with Crippen LogP contribution in [0, 0.1) is 41.5 Å². The van der Waals surface area contributed by atoms with Crippen molar-refractivity contribution in [2.45, 2.75) is 47.6 Å². The molecule has 0 fully saturated rings. The van der Waals surface area contributed by atoms with Gasteiger partial charge in [-0.3, -0.25) is 0 Å². The lowest BCUT2D eigenvalue weighted by Gasteiger charge is -2.27. The van der Waals surface area contributed by atoms with Gasteiger partial charge in [-0.1, -0.05) is 35.4 Å². The van der Waals surface area contributed by atoms with Crippen molar-refractivity contribution in [1.29, 1.82) is 0 Å². The first-order chi connectivity index (χ1) is 11.4. The van der Waals surface area contributed by atoms with E-state index in [0.717, 1.165) is 0 Å². The van der Waals surface area contributed by atoms with Gasteiger partial charge in [0.1, 0.15) is 0 Å². The Hall–Kier alpha value is -2.35. The van der Waals surface area contributed by atoms with E-state index >= 15 is 0 Å². The van der Waals surface area contributed by atoms with Crippen LogP contribution in [-0.2, 0) is 0 Å². The van der Waals surface area contributed by atoms with Crippen LogP contribution in [0.1, 0.15) is 50.5 Å². The van der Waals surface area contributed by atoms with E-state index in [0.29, 0.717) is 0 Å². The van der Waals surface area contributed by atoms with Gasteiger partial charge in [-0.05, 0) is 74.9 Å². The number of nitrogens with zero attached hydrogens (tertiary/aromatic N) is 2. The van der Waals surface area contributed by atoms with Crippen molar-refractivity contribution in [3.05, 3.63) is 87.5 Å². The fourth-order valence-electron chi connectivity index (χ4n) is 4.11. The van der Waals surface area contributed by atoms with Gasteiger partial charge in [-0.2, -0.15) is 0 Å². The molecule has 1 heterocycles. The molecule has 2 heteroatoms. The first-order valence-electron chi connectivity index (χ1n) is 8.51. The van der Waals surface area contributed by atoms with Crippen molar-refractivity contribution in [3.8, 4) is 0 Å². The highest BCUT2D eigenvalue weighted by atomic mass is 15.1. The molecule has 0 N–H and O–H groups in total. The number of aryl methyl sites for hydroxylation is 6. The van der Waals surface area contributed by atoms with Gasteiger partial charge in [0.05, 0.1) is 12.4 Å². The second kappa shape index (κ2) is 6.27. The Balaban J connectivity index is 2.32. The number of benzene rings is 2.